The molecule has 1 aromatic rings. The molecule has 1 fully saturated rings. The van der Waals surface area contributed by atoms with Gasteiger partial charge in [0.2, 0.25) is 0 Å². The van der Waals surface area contributed by atoms with Crippen molar-refractivity contribution in [1.29, 1.82) is 5.26 Å². The molecule has 0 saturated heterocycles. The average molecular weight is 284 g/mol. The number of nitriles is 1. The maximum absolute atomic E-state index is 9.72. The van der Waals surface area contributed by atoms with Gasteiger partial charge in [-0.15, -0.1) is 0 Å². The second-order valence-corrected chi connectivity index (χ2v) is 7.53. The molecule has 0 bridgehead atoms. The lowest BCUT2D eigenvalue weighted by atomic mass is 9.76. The van der Waals surface area contributed by atoms with Crippen LogP contribution >= 0.6 is 0 Å². The molecule has 1 saturated carbocycles. The van der Waals surface area contributed by atoms with Gasteiger partial charge < -0.3 is 0 Å². The van der Waals surface area contributed by atoms with Crippen molar-refractivity contribution in [3.63, 3.8) is 0 Å². The molecular formula is C19H28N2. The molecule has 1 aliphatic rings. The van der Waals surface area contributed by atoms with E-state index in [0.29, 0.717) is 5.41 Å². The Bertz CT molecular complexity index is 481. The summed E-state index contributed by atoms with van der Waals surface area (Å²) < 4.78 is 0. The molecule has 2 heteroatoms. The van der Waals surface area contributed by atoms with Crippen molar-refractivity contribution in [3.8, 4) is 6.07 Å². The van der Waals surface area contributed by atoms with E-state index < -0.39 is 0 Å². The second-order valence-electron chi connectivity index (χ2n) is 7.53. The van der Waals surface area contributed by atoms with Crippen LogP contribution < -0.4 is 5.32 Å². The summed E-state index contributed by atoms with van der Waals surface area (Å²) in [5.41, 5.74) is 1.27. The molecule has 0 spiro atoms. The fourth-order valence-corrected chi connectivity index (χ4v) is 3.40. The van der Waals surface area contributed by atoms with Gasteiger partial charge in [0.25, 0.3) is 0 Å². The smallest absolute Gasteiger partial charge is 0.107 e. The van der Waals surface area contributed by atoms with Crippen molar-refractivity contribution in [2.45, 2.75) is 65.0 Å². The predicted octanol–water partition coefficient (Wildman–Crippen LogP) is 4.66. The highest BCUT2D eigenvalue weighted by molar-refractivity contribution is 5.16. The van der Waals surface area contributed by atoms with Gasteiger partial charge in [0, 0.05) is 6.54 Å². The summed E-state index contributed by atoms with van der Waals surface area (Å²) in [6.07, 6.45) is 5.50. The Morgan fingerprint density at radius 3 is 2.52 bits per heavy atom. The highest BCUT2D eigenvalue weighted by atomic mass is 15.0. The predicted molar refractivity (Wildman–Crippen MR) is 87.7 cm³/mol. The van der Waals surface area contributed by atoms with Crippen LogP contribution in [0.15, 0.2) is 30.3 Å². The Labute approximate surface area is 129 Å². The Morgan fingerprint density at radius 1 is 1.19 bits per heavy atom. The normalized spacial score (nSPS) is 26.9. The summed E-state index contributed by atoms with van der Waals surface area (Å²) in [6.45, 7) is 7.77. The van der Waals surface area contributed by atoms with E-state index in [1.54, 1.807) is 0 Å². The van der Waals surface area contributed by atoms with Gasteiger partial charge in [-0.2, -0.15) is 5.26 Å². The number of benzene rings is 1. The van der Waals surface area contributed by atoms with E-state index >= 15 is 0 Å². The summed E-state index contributed by atoms with van der Waals surface area (Å²) in [4.78, 5) is 0. The first-order chi connectivity index (χ1) is 9.95. The van der Waals surface area contributed by atoms with Crippen LogP contribution in [0.25, 0.3) is 0 Å². The van der Waals surface area contributed by atoms with Crippen molar-refractivity contribution < 1.29 is 0 Å². The first-order valence-electron chi connectivity index (χ1n) is 8.15. The molecule has 1 aliphatic carbocycles. The molecule has 0 aliphatic heterocycles. The Hall–Kier alpha value is -1.33. The van der Waals surface area contributed by atoms with Gasteiger partial charge >= 0.3 is 0 Å². The Morgan fingerprint density at radius 2 is 1.90 bits per heavy atom. The van der Waals surface area contributed by atoms with Crippen LogP contribution in [-0.4, -0.2) is 5.54 Å². The molecule has 1 aromatic carbocycles. The van der Waals surface area contributed by atoms with Gasteiger partial charge in [-0.1, -0.05) is 57.5 Å². The van der Waals surface area contributed by atoms with Gasteiger partial charge in [-0.25, -0.2) is 0 Å². The highest BCUT2D eigenvalue weighted by Gasteiger charge is 2.36. The SMILES string of the molecule is CC(C)(C)C1CCCC(C#N)(NCc2ccccc2)CC1. The zero-order valence-electron chi connectivity index (χ0n) is 13.7. The monoisotopic (exact) mass is 284 g/mol. The summed E-state index contributed by atoms with van der Waals surface area (Å²) >= 11 is 0. The maximum Gasteiger partial charge on any atom is 0.107 e. The van der Waals surface area contributed by atoms with Crippen molar-refractivity contribution in [2.75, 3.05) is 0 Å². The van der Waals surface area contributed by atoms with Crippen LogP contribution in [0.1, 0.15) is 58.4 Å². The van der Waals surface area contributed by atoms with Gasteiger partial charge in [-0.3, -0.25) is 5.32 Å². The summed E-state index contributed by atoms with van der Waals surface area (Å²) in [6, 6.07) is 13.0. The zero-order chi connectivity index (χ0) is 15.3. The number of nitrogens with one attached hydrogen (secondary N) is 1. The van der Waals surface area contributed by atoms with Crippen LogP contribution in [0.3, 0.4) is 0 Å². The number of hydrogen-bond donors (Lipinski definition) is 1. The van der Waals surface area contributed by atoms with Crippen molar-refractivity contribution in [3.05, 3.63) is 35.9 Å². The Balaban J connectivity index is 2.00. The van der Waals surface area contributed by atoms with Gasteiger partial charge in [0.15, 0.2) is 0 Å². The molecule has 2 nitrogen and oxygen atoms in total. The quantitative estimate of drug-likeness (QED) is 0.819. The number of nitrogens with zero attached hydrogens (tertiary/aromatic N) is 1. The highest BCUT2D eigenvalue weighted by Crippen LogP contribution is 2.39. The fourth-order valence-electron chi connectivity index (χ4n) is 3.40. The second kappa shape index (κ2) is 6.62. The van der Waals surface area contributed by atoms with Crippen molar-refractivity contribution in [2.24, 2.45) is 11.3 Å². The molecular weight excluding hydrogens is 256 g/mol. The molecule has 2 atom stereocenters. The van der Waals surface area contributed by atoms with Crippen LogP contribution in [0.5, 0.6) is 0 Å². The van der Waals surface area contributed by atoms with Crippen LogP contribution in [0.4, 0.5) is 0 Å². The first kappa shape index (κ1) is 16.0. The molecule has 114 valence electrons. The van der Waals surface area contributed by atoms with E-state index in [4.69, 9.17) is 0 Å². The molecule has 21 heavy (non-hydrogen) atoms. The third kappa shape index (κ3) is 4.32. The molecule has 0 heterocycles. The van der Waals surface area contributed by atoms with E-state index in [0.717, 1.165) is 38.1 Å². The number of hydrogen-bond acceptors (Lipinski definition) is 2. The third-order valence-corrected chi connectivity index (χ3v) is 4.99. The summed E-state index contributed by atoms with van der Waals surface area (Å²) in [5.74, 6) is 0.728. The minimum absolute atomic E-state index is 0.337. The third-order valence-electron chi connectivity index (χ3n) is 4.99. The Kier molecular flexibility index (Phi) is 5.06. The van der Waals surface area contributed by atoms with Crippen LogP contribution in [0.2, 0.25) is 0 Å². The van der Waals surface area contributed by atoms with E-state index in [1.807, 2.05) is 6.07 Å². The number of rotatable bonds is 3. The van der Waals surface area contributed by atoms with E-state index in [-0.39, 0.29) is 5.54 Å². The van der Waals surface area contributed by atoms with Crippen LogP contribution in [-0.2, 0) is 6.54 Å². The van der Waals surface area contributed by atoms with E-state index in [2.05, 4.69) is 56.4 Å². The zero-order valence-corrected chi connectivity index (χ0v) is 13.7. The lowest BCUT2D eigenvalue weighted by molar-refractivity contribution is 0.211. The lowest BCUT2D eigenvalue weighted by Gasteiger charge is -2.31. The van der Waals surface area contributed by atoms with Crippen molar-refractivity contribution in [1.82, 2.24) is 5.32 Å². The topological polar surface area (TPSA) is 35.8 Å². The van der Waals surface area contributed by atoms with Crippen molar-refractivity contribution >= 4 is 0 Å². The van der Waals surface area contributed by atoms with Crippen LogP contribution in [0, 0.1) is 22.7 Å². The molecule has 1 N–H and O–H groups in total. The standard InChI is InChI=1S/C19H28N2/c1-18(2,3)17-10-7-12-19(15-20,13-11-17)21-14-16-8-5-4-6-9-16/h4-6,8-9,17,21H,7,10-14H2,1-3H3. The fraction of sp³-hybridized carbons (Fsp3) is 0.632. The molecule has 0 amide bonds. The molecule has 2 unspecified atom stereocenters. The minimum atomic E-state index is -0.337. The first-order valence-corrected chi connectivity index (χ1v) is 8.15. The van der Waals surface area contributed by atoms with E-state index in [9.17, 15) is 5.26 Å². The maximum atomic E-state index is 9.72. The van der Waals surface area contributed by atoms with Gasteiger partial charge in [-0.05, 0) is 42.6 Å². The molecule has 2 rings (SSSR count). The average Bonchev–Trinajstić information content (AvgIpc) is 2.69. The largest absolute Gasteiger partial charge is 0.295 e. The lowest BCUT2D eigenvalue weighted by Crippen LogP contribution is -2.43. The van der Waals surface area contributed by atoms with Gasteiger partial charge in [0.05, 0.1) is 6.07 Å². The minimum Gasteiger partial charge on any atom is -0.295 e. The summed E-state index contributed by atoms with van der Waals surface area (Å²) in [7, 11) is 0. The molecule has 0 aromatic heterocycles. The summed E-state index contributed by atoms with van der Waals surface area (Å²) in [5, 5.41) is 13.3. The molecule has 0 radical (unpaired) electrons. The van der Waals surface area contributed by atoms with E-state index in [1.165, 1.54) is 12.0 Å². The van der Waals surface area contributed by atoms with Gasteiger partial charge in [0.1, 0.15) is 5.54 Å².